The molecular formula is C16H30N2O3S. The van der Waals surface area contributed by atoms with Gasteiger partial charge < -0.3 is 10.6 Å². The van der Waals surface area contributed by atoms with Crippen molar-refractivity contribution in [3.63, 3.8) is 0 Å². The number of hydrogen-bond acceptors (Lipinski definition) is 4. The minimum atomic E-state index is -2.87. The van der Waals surface area contributed by atoms with Crippen molar-refractivity contribution in [2.45, 2.75) is 58.4 Å². The van der Waals surface area contributed by atoms with E-state index in [1.807, 2.05) is 0 Å². The topological polar surface area (TPSA) is 75.3 Å². The summed E-state index contributed by atoms with van der Waals surface area (Å²) in [5, 5.41) is 6.54. The molecule has 0 aliphatic carbocycles. The summed E-state index contributed by atoms with van der Waals surface area (Å²) in [6.07, 6.45) is 5.16. The number of rotatable bonds is 6. The van der Waals surface area contributed by atoms with Gasteiger partial charge in [0.15, 0.2) is 0 Å². The minimum Gasteiger partial charge on any atom is -0.351 e. The predicted molar refractivity (Wildman–Crippen MR) is 88.4 cm³/mol. The van der Waals surface area contributed by atoms with Crippen LogP contribution in [0.3, 0.4) is 0 Å². The summed E-state index contributed by atoms with van der Waals surface area (Å²) in [4.78, 5) is 12.3. The van der Waals surface area contributed by atoms with Gasteiger partial charge in [0.2, 0.25) is 5.91 Å². The molecule has 2 saturated heterocycles. The van der Waals surface area contributed by atoms with Crippen LogP contribution in [-0.2, 0) is 14.6 Å². The zero-order chi connectivity index (χ0) is 16.2. The van der Waals surface area contributed by atoms with Crippen LogP contribution >= 0.6 is 0 Å². The van der Waals surface area contributed by atoms with Gasteiger partial charge in [-0.05, 0) is 18.8 Å². The van der Waals surface area contributed by atoms with Gasteiger partial charge >= 0.3 is 0 Å². The van der Waals surface area contributed by atoms with Crippen molar-refractivity contribution in [1.82, 2.24) is 10.6 Å². The fourth-order valence-corrected chi connectivity index (χ4v) is 5.49. The Morgan fingerprint density at radius 1 is 1.32 bits per heavy atom. The Morgan fingerprint density at radius 3 is 2.59 bits per heavy atom. The number of nitrogens with one attached hydrogen (secondary N) is 2. The van der Waals surface area contributed by atoms with Crippen LogP contribution in [0, 0.1) is 11.3 Å². The maximum absolute atomic E-state index is 12.3. The van der Waals surface area contributed by atoms with E-state index in [2.05, 4.69) is 24.5 Å². The van der Waals surface area contributed by atoms with Crippen molar-refractivity contribution in [3.8, 4) is 0 Å². The van der Waals surface area contributed by atoms with Crippen LogP contribution in [0.1, 0.15) is 52.4 Å². The molecule has 2 heterocycles. The van der Waals surface area contributed by atoms with Crippen LogP contribution in [0.25, 0.3) is 0 Å². The van der Waals surface area contributed by atoms with Crippen molar-refractivity contribution >= 4 is 15.7 Å². The number of amides is 1. The minimum absolute atomic E-state index is 0.0621. The average Bonchev–Trinajstić information content (AvgIpc) is 2.85. The molecule has 2 aliphatic heterocycles. The van der Waals surface area contributed by atoms with E-state index in [9.17, 15) is 13.2 Å². The van der Waals surface area contributed by atoms with Gasteiger partial charge in [0.1, 0.15) is 9.84 Å². The van der Waals surface area contributed by atoms with E-state index in [1.54, 1.807) is 0 Å². The Balaban J connectivity index is 1.92. The molecule has 0 aromatic heterocycles. The van der Waals surface area contributed by atoms with Gasteiger partial charge in [0.25, 0.3) is 0 Å². The molecule has 0 radical (unpaired) electrons. The molecule has 0 aromatic carbocycles. The first-order chi connectivity index (χ1) is 10.4. The van der Waals surface area contributed by atoms with Crippen LogP contribution < -0.4 is 10.6 Å². The number of hydrogen-bond donors (Lipinski definition) is 2. The van der Waals surface area contributed by atoms with Crippen LogP contribution in [-0.4, -0.2) is 45.0 Å². The molecule has 5 nitrogen and oxygen atoms in total. The Bertz CT molecular complexity index is 476. The summed E-state index contributed by atoms with van der Waals surface area (Å²) in [5.74, 6) is 1.10. The Labute approximate surface area is 134 Å². The molecule has 22 heavy (non-hydrogen) atoms. The molecule has 1 amide bonds. The van der Waals surface area contributed by atoms with E-state index < -0.39 is 9.84 Å². The first kappa shape index (κ1) is 17.7. The van der Waals surface area contributed by atoms with Gasteiger partial charge in [-0.2, -0.15) is 0 Å². The largest absolute Gasteiger partial charge is 0.351 e. The van der Waals surface area contributed by atoms with E-state index in [-0.39, 0.29) is 28.9 Å². The molecule has 2 rings (SSSR count). The Hall–Kier alpha value is -0.620. The zero-order valence-corrected chi connectivity index (χ0v) is 14.7. The lowest BCUT2D eigenvalue weighted by atomic mass is 9.77. The summed E-state index contributed by atoms with van der Waals surface area (Å²) >= 11 is 0. The molecule has 0 bridgehead atoms. The van der Waals surface area contributed by atoms with Crippen LogP contribution in [0.2, 0.25) is 0 Å². The molecule has 2 fully saturated rings. The lowest BCUT2D eigenvalue weighted by Gasteiger charge is -2.38. The second kappa shape index (κ2) is 7.30. The SMILES string of the molecule is CCCC(CC)CC(=O)NC1CNCC12CCS(=O)(=O)CC2. The first-order valence-electron chi connectivity index (χ1n) is 8.61. The predicted octanol–water partition coefficient (Wildman–Crippen LogP) is 1.49. The monoisotopic (exact) mass is 330 g/mol. The van der Waals surface area contributed by atoms with Crippen molar-refractivity contribution in [3.05, 3.63) is 0 Å². The molecule has 0 saturated carbocycles. The van der Waals surface area contributed by atoms with Gasteiger partial charge in [-0.1, -0.05) is 33.1 Å². The molecule has 0 aromatic rings. The summed E-state index contributed by atoms with van der Waals surface area (Å²) < 4.78 is 23.3. The van der Waals surface area contributed by atoms with Crippen LogP contribution in [0.5, 0.6) is 0 Å². The third kappa shape index (κ3) is 4.22. The summed E-state index contributed by atoms with van der Waals surface area (Å²) in [6, 6.07) is 0.0784. The van der Waals surface area contributed by atoms with Gasteiger partial charge in [0, 0.05) is 31.0 Å². The molecule has 2 N–H and O–H groups in total. The number of sulfone groups is 1. The smallest absolute Gasteiger partial charge is 0.220 e. The van der Waals surface area contributed by atoms with Gasteiger partial charge in [-0.25, -0.2) is 8.42 Å². The highest BCUT2D eigenvalue weighted by molar-refractivity contribution is 7.91. The lowest BCUT2D eigenvalue weighted by molar-refractivity contribution is -0.123. The fourth-order valence-electron chi connectivity index (χ4n) is 3.85. The number of carbonyl (C=O) groups excluding carboxylic acids is 1. The molecule has 2 atom stereocenters. The molecule has 1 spiro atoms. The summed E-state index contributed by atoms with van der Waals surface area (Å²) in [5.41, 5.74) is -0.0621. The zero-order valence-electron chi connectivity index (χ0n) is 13.9. The normalized spacial score (nSPS) is 27.6. The lowest BCUT2D eigenvalue weighted by Crippen LogP contribution is -2.50. The molecule has 2 unspecified atom stereocenters. The Kier molecular flexibility index (Phi) is 5.88. The fraction of sp³-hybridized carbons (Fsp3) is 0.938. The van der Waals surface area contributed by atoms with Gasteiger partial charge in [0.05, 0.1) is 11.5 Å². The van der Waals surface area contributed by atoms with Crippen LogP contribution in [0.4, 0.5) is 0 Å². The van der Waals surface area contributed by atoms with Crippen molar-refractivity contribution in [2.75, 3.05) is 24.6 Å². The molecule has 2 aliphatic rings. The van der Waals surface area contributed by atoms with E-state index >= 15 is 0 Å². The molecular weight excluding hydrogens is 300 g/mol. The van der Waals surface area contributed by atoms with Crippen molar-refractivity contribution in [2.24, 2.45) is 11.3 Å². The van der Waals surface area contributed by atoms with E-state index in [4.69, 9.17) is 0 Å². The van der Waals surface area contributed by atoms with E-state index in [0.717, 1.165) is 32.4 Å². The van der Waals surface area contributed by atoms with Gasteiger partial charge in [-0.3, -0.25) is 4.79 Å². The third-order valence-corrected chi connectivity index (χ3v) is 7.12. The van der Waals surface area contributed by atoms with E-state index in [1.165, 1.54) is 0 Å². The van der Waals surface area contributed by atoms with Gasteiger partial charge in [-0.15, -0.1) is 0 Å². The highest BCUT2D eigenvalue weighted by atomic mass is 32.2. The molecule has 6 heteroatoms. The second-order valence-electron chi connectivity index (χ2n) is 7.03. The van der Waals surface area contributed by atoms with E-state index in [0.29, 0.717) is 25.2 Å². The maximum Gasteiger partial charge on any atom is 0.220 e. The quantitative estimate of drug-likeness (QED) is 0.774. The summed E-state index contributed by atoms with van der Waals surface area (Å²) in [7, 11) is -2.87. The van der Waals surface area contributed by atoms with Crippen molar-refractivity contribution < 1.29 is 13.2 Å². The first-order valence-corrected chi connectivity index (χ1v) is 10.4. The highest BCUT2D eigenvalue weighted by Crippen LogP contribution is 2.38. The standard InChI is InChI=1S/C16H30N2O3S/c1-3-5-13(4-2)10-15(19)18-14-11-17-12-16(14)6-8-22(20,21)9-7-16/h13-14,17H,3-12H2,1-2H3,(H,18,19). The van der Waals surface area contributed by atoms with Crippen molar-refractivity contribution in [1.29, 1.82) is 0 Å². The highest BCUT2D eigenvalue weighted by Gasteiger charge is 2.46. The average molecular weight is 330 g/mol. The second-order valence-corrected chi connectivity index (χ2v) is 9.34. The number of carbonyl (C=O) groups is 1. The third-order valence-electron chi connectivity index (χ3n) is 5.47. The Morgan fingerprint density at radius 2 is 2.00 bits per heavy atom. The maximum atomic E-state index is 12.3. The molecule has 128 valence electrons. The summed E-state index contributed by atoms with van der Waals surface area (Å²) in [6.45, 7) is 5.87. The van der Waals surface area contributed by atoms with Crippen LogP contribution in [0.15, 0.2) is 0 Å².